The van der Waals surface area contributed by atoms with Gasteiger partial charge in [0, 0.05) is 0 Å². The van der Waals surface area contributed by atoms with E-state index in [-0.39, 0.29) is 11.1 Å². The molecule has 0 N–H and O–H groups in total. The van der Waals surface area contributed by atoms with Gasteiger partial charge in [0.05, 0.1) is 24.8 Å². The summed E-state index contributed by atoms with van der Waals surface area (Å²) in [6.45, 7) is 1.91. The van der Waals surface area contributed by atoms with Gasteiger partial charge in [0.15, 0.2) is 11.5 Å². The Bertz CT molecular complexity index is 861. The van der Waals surface area contributed by atoms with Gasteiger partial charge in [0.2, 0.25) is 0 Å². The Labute approximate surface area is 150 Å². The van der Waals surface area contributed by atoms with Crippen molar-refractivity contribution in [3.63, 3.8) is 0 Å². The topological polar surface area (TPSA) is 55.8 Å². The monoisotopic (exact) mass is 355 g/mol. The minimum atomic E-state index is -0.324. The number of amides is 2. The van der Waals surface area contributed by atoms with Gasteiger partial charge in [0.1, 0.15) is 0 Å². The molecule has 1 heterocycles. The van der Waals surface area contributed by atoms with E-state index in [0.29, 0.717) is 22.1 Å². The van der Waals surface area contributed by atoms with E-state index in [2.05, 4.69) is 0 Å². The van der Waals surface area contributed by atoms with Crippen molar-refractivity contribution in [2.45, 2.75) is 6.92 Å². The molecule has 2 amide bonds. The first-order valence-electron chi connectivity index (χ1n) is 7.60. The zero-order valence-electron chi connectivity index (χ0n) is 14.1. The predicted molar refractivity (Wildman–Crippen MR) is 99.2 cm³/mol. The Kier molecular flexibility index (Phi) is 4.81. The summed E-state index contributed by atoms with van der Waals surface area (Å²) in [5.74, 6) is 0.867. The standard InChI is InChI=1S/C19H17NO4S/c1-12-9-15(23-2)16(24-3)10-13(12)11-17-18(21)20(19(22)25-17)14-7-5-4-6-8-14/h4-11H,1-3H3/b17-11-. The molecule has 0 unspecified atom stereocenters. The first-order valence-corrected chi connectivity index (χ1v) is 8.42. The molecular weight excluding hydrogens is 338 g/mol. The second kappa shape index (κ2) is 7.03. The summed E-state index contributed by atoms with van der Waals surface area (Å²) in [6.07, 6.45) is 1.71. The average Bonchev–Trinajstić information content (AvgIpc) is 2.90. The number of aryl methyl sites for hydroxylation is 1. The number of hydrogen-bond donors (Lipinski definition) is 0. The Morgan fingerprint density at radius 3 is 2.28 bits per heavy atom. The molecule has 1 saturated heterocycles. The number of nitrogens with zero attached hydrogens (tertiary/aromatic N) is 1. The molecule has 0 aliphatic carbocycles. The summed E-state index contributed by atoms with van der Waals surface area (Å²) in [5, 5.41) is -0.305. The van der Waals surface area contributed by atoms with Crippen LogP contribution in [0.4, 0.5) is 10.5 Å². The lowest BCUT2D eigenvalue weighted by Crippen LogP contribution is -2.27. The van der Waals surface area contributed by atoms with Crippen molar-refractivity contribution >= 4 is 34.7 Å². The van der Waals surface area contributed by atoms with E-state index in [1.54, 1.807) is 50.6 Å². The highest BCUT2D eigenvalue weighted by Gasteiger charge is 2.36. The number of carbonyl (C=O) groups is 2. The van der Waals surface area contributed by atoms with Crippen LogP contribution >= 0.6 is 11.8 Å². The molecule has 25 heavy (non-hydrogen) atoms. The van der Waals surface area contributed by atoms with Crippen LogP contribution in [-0.2, 0) is 4.79 Å². The quantitative estimate of drug-likeness (QED) is 0.767. The van der Waals surface area contributed by atoms with Gasteiger partial charge in [-0.3, -0.25) is 9.59 Å². The number of anilines is 1. The molecule has 0 atom stereocenters. The molecule has 128 valence electrons. The Morgan fingerprint density at radius 1 is 1.00 bits per heavy atom. The summed E-state index contributed by atoms with van der Waals surface area (Å²) in [5.41, 5.74) is 2.29. The molecule has 6 heteroatoms. The first-order chi connectivity index (χ1) is 12.0. The van der Waals surface area contributed by atoms with Gasteiger partial charge in [-0.1, -0.05) is 18.2 Å². The maximum atomic E-state index is 12.7. The fourth-order valence-corrected chi connectivity index (χ4v) is 3.39. The van der Waals surface area contributed by atoms with Crippen molar-refractivity contribution in [2.75, 3.05) is 19.1 Å². The number of hydrogen-bond acceptors (Lipinski definition) is 5. The lowest BCUT2D eigenvalue weighted by molar-refractivity contribution is -0.113. The number of imide groups is 1. The van der Waals surface area contributed by atoms with Crippen LogP contribution in [0.5, 0.6) is 11.5 Å². The van der Waals surface area contributed by atoms with Crippen molar-refractivity contribution in [2.24, 2.45) is 0 Å². The van der Waals surface area contributed by atoms with Gasteiger partial charge in [0.25, 0.3) is 11.1 Å². The fraction of sp³-hybridized carbons (Fsp3) is 0.158. The van der Waals surface area contributed by atoms with Gasteiger partial charge < -0.3 is 9.47 Å². The third-order valence-corrected chi connectivity index (χ3v) is 4.74. The van der Waals surface area contributed by atoms with E-state index in [1.165, 1.54) is 4.90 Å². The molecular formula is C19H17NO4S. The van der Waals surface area contributed by atoms with Gasteiger partial charge in [-0.25, -0.2) is 4.90 Å². The van der Waals surface area contributed by atoms with Crippen LogP contribution in [0.15, 0.2) is 47.4 Å². The summed E-state index contributed by atoms with van der Waals surface area (Å²) in [6, 6.07) is 12.5. The number of para-hydroxylation sites is 1. The Hall–Kier alpha value is -2.73. The predicted octanol–water partition coefficient (Wildman–Crippen LogP) is 4.25. The summed E-state index contributed by atoms with van der Waals surface area (Å²) in [7, 11) is 3.13. The molecule has 1 aliphatic rings. The second-order valence-corrected chi connectivity index (χ2v) is 6.41. The van der Waals surface area contributed by atoms with Crippen molar-refractivity contribution in [1.29, 1.82) is 0 Å². The van der Waals surface area contributed by atoms with Crippen molar-refractivity contribution in [3.05, 3.63) is 58.5 Å². The van der Waals surface area contributed by atoms with E-state index in [4.69, 9.17) is 9.47 Å². The lowest BCUT2D eigenvalue weighted by Gasteiger charge is -2.12. The minimum absolute atomic E-state index is 0.305. The van der Waals surface area contributed by atoms with Crippen LogP contribution in [0.25, 0.3) is 6.08 Å². The van der Waals surface area contributed by atoms with Crippen LogP contribution in [0.2, 0.25) is 0 Å². The van der Waals surface area contributed by atoms with Crippen molar-refractivity contribution in [3.8, 4) is 11.5 Å². The molecule has 2 aromatic rings. The number of methoxy groups -OCH3 is 2. The smallest absolute Gasteiger partial charge is 0.298 e. The molecule has 5 nitrogen and oxygen atoms in total. The van der Waals surface area contributed by atoms with Gasteiger partial charge in [-0.05, 0) is 60.2 Å². The summed E-state index contributed by atoms with van der Waals surface area (Å²) < 4.78 is 10.6. The molecule has 0 radical (unpaired) electrons. The van der Waals surface area contributed by atoms with Crippen LogP contribution < -0.4 is 14.4 Å². The number of rotatable bonds is 4. The van der Waals surface area contributed by atoms with E-state index >= 15 is 0 Å². The highest BCUT2D eigenvalue weighted by molar-refractivity contribution is 8.19. The zero-order chi connectivity index (χ0) is 18.0. The minimum Gasteiger partial charge on any atom is -0.493 e. The van der Waals surface area contributed by atoms with Crippen LogP contribution in [0.3, 0.4) is 0 Å². The molecule has 0 aromatic heterocycles. The van der Waals surface area contributed by atoms with Gasteiger partial charge in [-0.2, -0.15) is 0 Å². The van der Waals surface area contributed by atoms with E-state index in [0.717, 1.165) is 22.9 Å². The zero-order valence-corrected chi connectivity index (χ0v) is 14.9. The number of ether oxygens (including phenoxy) is 2. The fourth-order valence-electron chi connectivity index (χ4n) is 2.56. The van der Waals surface area contributed by atoms with Crippen LogP contribution in [0, 0.1) is 6.92 Å². The highest BCUT2D eigenvalue weighted by atomic mass is 32.2. The van der Waals surface area contributed by atoms with Gasteiger partial charge >= 0.3 is 0 Å². The summed E-state index contributed by atoms with van der Waals surface area (Å²) in [4.78, 5) is 26.5. The molecule has 0 saturated carbocycles. The Balaban J connectivity index is 1.98. The van der Waals surface area contributed by atoms with Gasteiger partial charge in [-0.15, -0.1) is 0 Å². The third kappa shape index (κ3) is 3.25. The van der Waals surface area contributed by atoms with Crippen LogP contribution in [0.1, 0.15) is 11.1 Å². The highest BCUT2D eigenvalue weighted by Crippen LogP contribution is 2.37. The maximum Gasteiger partial charge on any atom is 0.298 e. The largest absolute Gasteiger partial charge is 0.493 e. The molecule has 1 fully saturated rings. The molecule has 3 rings (SSSR count). The van der Waals surface area contributed by atoms with Crippen molar-refractivity contribution in [1.82, 2.24) is 0 Å². The van der Waals surface area contributed by atoms with E-state index in [9.17, 15) is 9.59 Å². The van der Waals surface area contributed by atoms with Crippen LogP contribution in [-0.4, -0.2) is 25.4 Å². The first kappa shape index (κ1) is 17.1. The van der Waals surface area contributed by atoms with E-state index < -0.39 is 0 Å². The SMILES string of the molecule is COc1cc(C)c(/C=C2\SC(=O)N(c3ccccc3)C2=O)cc1OC. The summed E-state index contributed by atoms with van der Waals surface area (Å²) >= 11 is 0.930. The van der Waals surface area contributed by atoms with E-state index in [1.807, 2.05) is 19.1 Å². The molecule has 1 aliphatic heterocycles. The molecule has 0 bridgehead atoms. The average molecular weight is 355 g/mol. The lowest BCUT2D eigenvalue weighted by atomic mass is 10.1. The second-order valence-electron chi connectivity index (χ2n) is 5.42. The number of carbonyl (C=O) groups excluding carboxylic acids is 2. The molecule has 0 spiro atoms. The molecule has 2 aromatic carbocycles. The Morgan fingerprint density at radius 2 is 1.64 bits per heavy atom. The third-order valence-electron chi connectivity index (χ3n) is 3.87. The number of benzene rings is 2. The maximum absolute atomic E-state index is 12.7. The van der Waals surface area contributed by atoms with Crippen molar-refractivity contribution < 1.29 is 19.1 Å². The normalized spacial score (nSPS) is 15.8. The number of thioether (sulfide) groups is 1.